The Hall–Kier alpha value is -3.42. The third-order valence-corrected chi connectivity index (χ3v) is 10.5. The fourth-order valence-electron chi connectivity index (χ4n) is 7.64. The topological polar surface area (TPSA) is 119 Å². The summed E-state index contributed by atoms with van der Waals surface area (Å²) in [5.74, 6) is -1.09. The first-order valence-electron chi connectivity index (χ1n) is 16.5. The highest BCUT2D eigenvalue weighted by atomic mass is 35.5. The lowest BCUT2D eigenvalue weighted by molar-refractivity contribution is -0.121. The van der Waals surface area contributed by atoms with E-state index in [2.05, 4.69) is 20.2 Å². The van der Waals surface area contributed by atoms with Gasteiger partial charge in [0.25, 0.3) is 0 Å². The molecule has 3 aromatic rings. The van der Waals surface area contributed by atoms with E-state index in [1.165, 1.54) is 12.3 Å². The molecule has 10 nitrogen and oxygen atoms in total. The number of nitrogen functional groups attached to an aromatic ring is 1. The minimum absolute atomic E-state index is 0.00867. The quantitative estimate of drug-likeness (QED) is 0.377. The summed E-state index contributed by atoms with van der Waals surface area (Å²) in [4.78, 5) is 30.6. The molecule has 1 aromatic carbocycles. The van der Waals surface area contributed by atoms with Gasteiger partial charge in [-0.1, -0.05) is 11.6 Å². The molecule has 0 aliphatic carbocycles. The molecular formula is C33H39ClF3N7O3. The van der Waals surface area contributed by atoms with Gasteiger partial charge >= 0.3 is 6.01 Å². The molecule has 0 radical (unpaired) electrons. The summed E-state index contributed by atoms with van der Waals surface area (Å²) in [5, 5.41) is 3.18. The molecular weight excluding hydrogens is 635 g/mol. The maximum absolute atomic E-state index is 16.8. The lowest BCUT2D eigenvalue weighted by Crippen LogP contribution is -2.43. The molecule has 3 unspecified atom stereocenters. The summed E-state index contributed by atoms with van der Waals surface area (Å²) < 4.78 is 58.4. The highest BCUT2D eigenvalue weighted by Crippen LogP contribution is 2.42. The van der Waals surface area contributed by atoms with Crippen molar-refractivity contribution in [2.75, 3.05) is 63.2 Å². The van der Waals surface area contributed by atoms with Crippen molar-refractivity contribution in [3.8, 4) is 17.3 Å². The zero-order valence-corrected chi connectivity index (χ0v) is 26.9. The summed E-state index contributed by atoms with van der Waals surface area (Å²) in [7, 11) is 0. The molecule has 47 heavy (non-hydrogen) atoms. The Balaban J connectivity index is 1.35. The van der Waals surface area contributed by atoms with E-state index in [1.807, 2.05) is 4.90 Å². The standard InChI is InChI=1S/C33H39ClF3N7O3/c34-26-21-4-1-2-5-25(45)39-8-6-19-15-43(10-11-46-17-19)31-23-14-40-29(22(21)12-24(38)27(26)36)28(37)30(23)41-32(42-31)47-18-33-7-3-9-44(33)16-20(35)13-33/h12,14,19-20H,1-11,13,15-18,38H2,(H,39,45). The largest absolute Gasteiger partial charge is 0.461 e. The van der Waals surface area contributed by atoms with Gasteiger partial charge in [0, 0.05) is 56.7 Å². The van der Waals surface area contributed by atoms with Crippen molar-refractivity contribution in [1.82, 2.24) is 25.2 Å². The highest BCUT2D eigenvalue weighted by molar-refractivity contribution is 6.32. The lowest BCUT2D eigenvalue weighted by atomic mass is 9.95. The van der Waals surface area contributed by atoms with Gasteiger partial charge in [-0.3, -0.25) is 14.7 Å². The van der Waals surface area contributed by atoms with Crippen molar-refractivity contribution >= 4 is 39.9 Å². The molecule has 5 aliphatic rings. The Bertz CT molecular complexity index is 1680. The van der Waals surface area contributed by atoms with Crippen LogP contribution in [-0.2, 0) is 16.0 Å². The normalized spacial score (nSPS) is 25.7. The van der Waals surface area contributed by atoms with Gasteiger partial charge in [0.05, 0.1) is 34.8 Å². The van der Waals surface area contributed by atoms with Gasteiger partial charge in [0.1, 0.15) is 29.8 Å². The number of hydrogen-bond donors (Lipinski definition) is 2. The minimum Gasteiger partial charge on any atom is -0.461 e. The Morgan fingerprint density at radius 3 is 2.87 bits per heavy atom. The first kappa shape index (κ1) is 32.1. The van der Waals surface area contributed by atoms with Crippen molar-refractivity contribution in [3.05, 3.63) is 34.5 Å². The van der Waals surface area contributed by atoms with Crippen LogP contribution in [0.15, 0.2) is 12.3 Å². The molecule has 252 valence electrons. The summed E-state index contributed by atoms with van der Waals surface area (Å²) in [5.41, 5.74) is 5.81. The zero-order valence-electron chi connectivity index (χ0n) is 26.2. The maximum Gasteiger partial charge on any atom is 0.319 e. The van der Waals surface area contributed by atoms with Gasteiger partial charge in [-0.15, -0.1) is 0 Å². The van der Waals surface area contributed by atoms with E-state index in [-0.39, 0.29) is 58.3 Å². The average Bonchev–Trinajstić information content (AvgIpc) is 3.47. The van der Waals surface area contributed by atoms with E-state index >= 15 is 4.39 Å². The SMILES string of the molecule is Nc1cc2c(c(Cl)c1F)CCCCC(=O)NCCC1COCCN(C1)c1nc(OCC34CCCN3CC(F)C4)nc3c(F)c-2ncc13. The summed E-state index contributed by atoms with van der Waals surface area (Å²) in [6.45, 7) is 3.79. The van der Waals surface area contributed by atoms with E-state index in [1.54, 1.807) is 0 Å². The number of nitrogens with two attached hydrogens (primary N) is 1. The first-order valence-corrected chi connectivity index (χ1v) is 16.8. The van der Waals surface area contributed by atoms with Gasteiger partial charge in [0.2, 0.25) is 5.91 Å². The Morgan fingerprint density at radius 2 is 2.00 bits per heavy atom. The molecule has 0 saturated carbocycles. The second-order valence-electron chi connectivity index (χ2n) is 13.2. The first-order chi connectivity index (χ1) is 22.7. The van der Waals surface area contributed by atoms with Crippen LogP contribution in [0.1, 0.15) is 50.5 Å². The number of carbonyl (C=O) groups excluding carboxylic acids is 1. The molecule has 14 heteroatoms. The van der Waals surface area contributed by atoms with E-state index in [0.717, 1.165) is 19.4 Å². The van der Waals surface area contributed by atoms with Crippen LogP contribution in [0, 0.1) is 17.6 Å². The van der Waals surface area contributed by atoms with Crippen molar-refractivity contribution in [2.24, 2.45) is 5.92 Å². The van der Waals surface area contributed by atoms with Crippen LogP contribution in [0.5, 0.6) is 6.01 Å². The van der Waals surface area contributed by atoms with Crippen molar-refractivity contribution in [2.45, 2.75) is 63.1 Å². The number of hydrogen-bond acceptors (Lipinski definition) is 9. The predicted octanol–water partition coefficient (Wildman–Crippen LogP) is 4.85. The van der Waals surface area contributed by atoms with Crippen LogP contribution in [0.4, 0.5) is 24.7 Å². The number of amides is 1. The molecule has 5 aliphatic heterocycles. The summed E-state index contributed by atoms with van der Waals surface area (Å²) in [6, 6.07) is 1.32. The monoisotopic (exact) mass is 673 g/mol. The second kappa shape index (κ2) is 13.2. The molecule has 2 aromatic heterocycles. The number of fused-ring (bicyclic) bond motifs is 9. The molecule has 6 bridgehead atoms. The second-order valence-corrected chi connectivity index (χ2v) is 13.6. The van der Waals surface area contributed by atoms with Crippen LogP contribution in [-0.4, -0.2) is 90.0 Å². The molecule has 3 saturated heterocycles. The number of rotatable bonds is 3. The number of ether oxygens (including phenoxy) is 2. The van der Waals surface area contributed by atoms with Crippen molar-refractivity contribution in [1.29, 1.82) is 0 Å². The van der Waals surface area contributed by atoms with Gasteiger partial charge in [-0.25, -0.2) is 13.2 Å². The van der Waals surface area contributed by atoms with Gasteiger partial charge < -0.3 is 25.4 Å². The fourth-order valence-corrected chi connectivity index (χ4v) is 7.95. The fraction of sp³-hybridized carbons (Fsp3) is 0.576. The van der Waals surface area contributed by atoms with Crippen LogP contribution in [0.2, 0.25) is 5.02 Å². The molecule has 3 fully saturated rings. The molecule has 0 spiro atoms. The molecule has 3 N–H and O–H groups in total. The number of anilines is 2. The number of carbonyl (C=O) groups is 1. The highest BCUT2D eigenvalue weighted by Gasteiger charge is 2.49. The van der Waals surface area contributed by atoms with Gasteiger partial charge in [0.15, 0.2) is 11.6 Å². The smallest absolute Gasteiger partial charge is 0.319 e. The number of aromatic nitrogens is 3. The Morgan fingerprint density at radius 1 is 1.15 bits per heavy atom. The number of nitrogens with zero attached hydrogens (tertiary/aromatic N) is 5. The summed E-state index contributed by atoms with van der Waals surface area (Å²) >= 11 is 6.47. The van der Waals surface area contributed by atoms with Crippen LogP contribution in [0.25, 0.3) is 22.2 Å². The molecule has 3 atom stereocenters. The molecule has 1 amide bonds. The van der Waals surface area contributed by atoms with Crippen LogP contribution < -0.4 is 20.7 Å². The molecule has 8 rings (SSSR count). The lowest BCUT2D eigenvalue weighted by Gasteiger charge is -2.31. The number of nitrogens with one attached hydrogen (secondary N) is 1. The Kier molecular flexibility index (Phi) is 9.05. The summed E-state index contributed by atoms with van der Waals surface area (Å²) in [6.07, 6.45) is 5.00. The van der Waals surface area contributed by atoms with Gasteiger partial charge in [-0.05, 0) is 56.7 Å². The third-order valence-electron chi connectivity index (χ3n) is 10.1. The van der Waals surface area contributed by atoms with Gasteiger partial charge in [-0.2, -0.15) is 9.97 Å². The maximum atomic E-state index is 16.8. The number of halogens is 4. The molecule has 7 heterocycles. The van der Waals surface area contributed by atoms with E-state index in [4.69, 9.17) is 31.8 Å². The van der Waals surface area contributed by atoms with E-state index in [0.29, 0.717) is 88.3 Å². The third kappa shape index (κ3) is 6.29. The minimum atomic E-state index is -0.929. The average molecular weight is 674 g/mol. The van der Waals surface area contributed by atoms with Crippen LogP contribution in [0.3, 0.4) is 0 Å². The van der Waals surface area contributed by atoms with Crippen LogP contribution >= 0.6 is 11.6 Å². The Labute approximate surface area is 276 Å². The number of pyridine rings is 1. The van der Waals surface area contributed by atoms with Crippen molar-refractivity contribution < 1.29 is 27.4 Å². The number of alkyl halides is 1. The van der Waals surface area contributed by atoms with E-state index in [9.17, 15) is 13.6 Å². The number of benzene rings is 1. The predicted molar refractivity (Wildman–Crippen MR) is 172 cm³/mol. The zero-order chi connectivity index (χ0) is 32.7. The van der Waals surface area contributed by atoms with Crippen molar-refractivity contribution in [3.63, 3.8) is 0 Å². The van der Waals surface area contributed by atoms with E-state index < -0.39 is 23.3 Å².